The smallest absolute Gasteiger partial charge is 0.305 e. The van der Waals surface area contributed by atoms with Crippen molar-refractivity contribution < 1.29 is 14.0 Å². The van der Waals surface area contributed by atoms with Gasteiger partial charge in [-0.2, -0.15) is 4.68 Å². The fourth-order valence-electron chi connectivity index (χ4n) is 2.47. The van der Waals surface area contributed by atoms with Crippen molar-refractivity contribution in [2.24, 2.45) is 0 Å². The second-order valence-corrected chi connectivity index (χ2v) is 6.88. The Morgan fingerprint density at radius 2 is 1.96 bits per heavy atom. The number of imide groups is 1. The van der Waals surface area contributed by atoms with E-state index in [-0.39, 0.29) is 11.4 Å². The van der Waals surface area contributed by atoms with Crippen molar-refractivity contribution in [3.63, 3.8) is 0 Å². The molecule has 28 heavy (non-hydrogen) atoms. The van der Waals surface area contributed by atoms with Crippen LogP contribution in [0.1, 0.15) is 11.1 Å². The lowest BCUT2D eigenvalue weighted by molar-refractivity contribution is -0.117. The van der Waals surface area contributed by atoms with Gasteiger partial charge in [-0.15, -0.1) is 5.10 Å². The highest BCUT2D eigenvalue weighted by Gasteiger charge is 2.15. The topological polar surface area (TPSA) is 102 Å². The highest BCUT2D eigenvalue weighted by atomic mass is 32.2. The fourth-order valence-corrected chi connectivity index (χ4v) is 3.16. The molecule has 2 aromatic carbocycles. The minimum Gasteiger partial charge on any atom is -0.305 e. The molecule has 0 unspecified atom stereocenters. The van der Waals surface area contributed by atoms with E-state index in [2.05, 4.69) is 26.2 Å². The molecule has 0 saturated heterocycles. The molecule has 3 rings (SSSR count). The maximum Gasteiger partial charge on any atom is 0.325 e. The van der Waals surface area contributed by atoms with Gasteiger partial charge in [-0.3, -0.25) is 10.1 Å². The zero-order chi connectivity index (χ0) is 20.1. The van der Waals surface area contributed by atoms with Crippen LogP contribution in [0.3, 0.4) is 0 Å². The Hall–Kier alpha value is -3.27. The number of hydrogen-bond acceptors (Lipinski definition) is 6. The number of halogens is 1. The standard InChI is InChI=1S/C18H17FN6O2S/c1-11-7-8-15(12(2)9-11)25-18(22-23-24-25)28-10-16(26)21-17(27)20-14-6-4-3-5-13(14)19/h3-9H,10H2,1-2H3,(H2,20,21,26,27). The van der Waals surface area contributed by atoms with Gasteiger partial charge < -0.3 is 5.32 Å². The summed E-state index contributed by atoms with van der Waals surface area (Å²) in [6.07, 6.45) is 0. The number of urea groups is 1. The Morgan fingerprint density at radius 1 is 1.18 bits per heavy atom. The minimum atomic E-state index is -0.815. The normalized spacial score (nSPS) is 10.5. The average Bonchev–Trinajstić information content (AvgIpc) is 3.10. The lowest BCUT2D eigenvalue weighted by Crippen LogP contribution is -2.35. The Bertz CT molecular complexity index is 1020. The van der Waals surface area contributed by atoms with Gasteiger partial charge in [0.1, 0.15) is 5.82 Å². The van der Waals surface area contributed by atoms with E-state index in [1.54, 1.807) is 6.07 Å². The third kappa shape index (κ3) is 4.71. The van der Waals surface area contributed by atoms with Crippen LogP contribution in [0.5, 0.6) is 0 Å². The van der Waals surface area contributed by atoms with E-state index in [9.17, 15) is 14.0 Å². The summed E-state index contributed by atoms with van der Waals surface area (Å²) < 4.78 is 15.1. The first-order chi connectivity index (χ1) is 13.4. The predicted octanol–water partition coefficient (Wildman–Crippen LogP) is 2.86. The van der Waals surface area contributed by atoms with Gasteiger partial charge in [0.2, 0.25) is 11.1 Å². The van der Waals surface area contributed by atoms with Crippen molar-refractivity contribution in [1.82, 2.24) is 25.5 Å². The number of tetrazole rings is 1. The van der Waals surface area contributed by atoms with Crippen LogP contribution < -0.4 is 10.6 Å². The number of amides is 3. The number of carbonyl (C=O) groups excluding carboxylic acids is 2. The summed E-state index contributed by atoms with van der Waals surface area (Å²) in [6.45, 7) is 3.93. The first-order valence-corrected chi connectivity index (χ1v) is 9.27. The molecular weight excluding hydrogens is 383 g/mol. The predicted molar refractivity (Wildman–Crippen MR) is 103 cm³/mol. The van der Waals surface area contributed by atoms with Gasteiger partial charge in [-0.05, 0) is 48.0 Å². The Balaban J connectivity index is 1.59. The van der Waals surface area contributed by atoms with Gasteiger partial charge >= 0.3 is 6.03 Å². The van der Waals surface area contributed by atoms with Gasteiger partial charge in [-0.1, -0.05) is 41.6 Å². The molecule has 0 bridgehead atoms. The maximum atomic E-state index is 13.5. The van der Waals surface area contributed by atoms with E-state index in [1.165, 1.54) is 22.9 Å². The molecule has 0 atom stereocenters. The van der Waals surface area contributed by atoms with Crippen LogP contribution in [0.2, 0.25) is 0 Å². The second-order valence-electron chi connectivity index (χ2n) is 5.93. The van der Waals surface area contributed by atoms with Crippen molar-refractivity contribution in [1.29, 1.82) is 0 Å². The van der Waals surface area contributed by atoms with Crippen LogP contribution in [-0.4, -0.2) is 37.9 Å². The molecule has 0 saturated carbocycles. The first-order valence-electron chi connectivity index (χ1n) is 8.28. The molecule has 0 spiro atoms. The second kappa shape index (κ2) is 8.61. The van der Waals surface area contributed by atoms with Crippen LogP contribution in [0.4, 0.5) is 14.9 Å². The van der Waals surface area contributed by atoms with Gasteiger partial charge in [-0.25, -0.2) is 9.18 Å². The van der Waals surface area contributed by atoms with Crippen molar-refractivity contribution in [2.75, 3.05) is 11.1 Å². The number of benzene rings is 2. The molecular formula is C18H17FN6O2S. The highest BCUT2D eigenvalue weighted by Crippen LogP contribution is 2.21. The molecule has 8 nitrogen and oxygen atoms in total. The fraction of sp³-hybridized carbons (Fsp3) is 0.167. The van der Waals surface area contributed by atoms with Gasteiger partial charge in [0.15, 0.2) is 0 Å². The number of nitrogens with zero attached hydrogens (tertiary/aromatic N) is 4. The Labute approximate surface area is 164 Å². The lowest BCUT2D eigenvalue weighted by atomic mass is 10.1. The molecule has 2 N–H and O–H groups in total. The van der Waals surface area contributed by atoms with Gasteiger partial charge in [0, 0.05) is 0 Å². The first kappa shape index (κ1) is 19.5. The van der Waals surface area contributed by atoms with Crippen LogP contribution in [-0.2, 0) is 4.79 Å². The number of thioether (sulfide) groups is 1. The molecule has 144 valence electrons. The molecule has 3 aromatic rings. The summed E-state index contributed by atoms with van der Waals surface area (Å²) in [5.41, 5.74) is 2.89. The average molecular weight is 400 g/mol. The van der Waals surface area contributed by atoms with E-state index in [1.807, 2.05) is 32.0 Å². The number of rotatable bonds is 5. The van der Waals surface area contributed by atoms with E-state index in [4.69, 9.17) is 0 Å². The summed E-state index contributed by atoms with van der Waals surface area (Å²) in [7, 11) is 0. The third-order valence-electron chi connectivity index (χ3n) is 3.73. The summed E-state index contributed by atoms with van der Waals surface area (Å²) in [4.78, 5) is 23.9. The summed E-state index contributed by atoms with van der Waals surface area (Å²) in [6, 6.07) is 10.7. The molecule has 0 aliphatic carbocycles. The maximum absolute atomic E-state index is 13.5. The van der Waals surface area contributed by atoms with Crippen LogP contribution in [0.25, 0.3) is 5.69 Å². The Kier molecular flexibility index (Phi) is 5.99. The number of aromatic nitrogens is 4. The quantitative estimate of drug-likeness (QED) is 0.639. The zero-order valence-corrected chi connectivity index (χ0v) is 16.0. The van der Waals surface area contributed by atoms with Crippen molar-refractivity contribution in [3.05, 3.63) is 59.4 Å². The lowest BCUT2D eigenvalue weighted by Gasteiger charge is -2.09. The number of anilines is 1. The molecule has 0 aliphatic heterocycles. The summed E-state index contributed by atoms with van der Waals surface area (Å²) >= 11 is 1.08. The van der Waals surface area contributed by atoms with E-state index < -0.39 is 17.8 Å². The molecule has 10 heteroatoms. The zero-order valence-electron chi connectivity index (χ0n) is 15.1. The monoisotopic (exact) mass is 400 g/mol. The van der Waals surface area contributed by atoms with Crippen molar-refractivity contribution >= 4 is 29.4 Å². The minimum absolute atomic E-state index is 0.0146. The van der Waals surface area contributed by atoms with Crippen LogP contribution in [0.15, 0.2) is 47.6 Å². The Morgan fingerprint density at radius 3 is 2.71 bits per heavy atom. The number of nitrogens with one attached hydrogen (secondary N) is 2. The molecule has 1 heterocycles. The van der Waals surface area contributed by atoms with Crippen LogP contribution >= 0.6 is 11.8 Å². The highest BCUT2D eigenvalue weighted by molar-refractivity contribution is 7.99. The summed E-state index contributed by atoms with van der Waals surface area (Å²) in [5, 5.41) is 16.4. The number of hydrogen-bond donors (Lipinski definition) is 2. The van der Waals surface area contributed by atoms with Gasteiger partial charge in [0.05, 0.1) is 17.1 Å². The van der Waals surface area contributed by atoms with Crippen molar-refractivity contribution in [2.45, 2.75) is 19.0 Å². The van der Waals surface area contributed by atoms with Crippen molar-refractivity contribution in [3.8, 4) is 5.69 Å². The van der Waals surface area contributed by atoms with Gasteiger partial charge in [0.25, 0.3) is 0 Å². The third-order valence-corrected chi connectivity index (χ3v) is 4.65. The SMILES string of the molecule is Cc1ccc(-n2nnnc2SCC(=O)NC(=O)Nc2ccccc2F)c(C)c1. The summed E-state index contributed by atoms with van der Waals surface area (Å²) in [5.74, 6) is -1.24. The molecule has 1 aromatic heterocycles. The molecule has 0 fully saturated rings. The van der Waals surface area contributed by atoms with E-state index in [0.717, 1.165) is 28.6 Å². The molecule has 3 amide bonds. The number of aryl methyl sites for hydroxylation is 2. The van der Waals surface area contributed by atoms with E-state index >= 15 is 0 Å². The molecule has 0 aliphatic rings. The number of carbonyl (C=O) groups is 2. The van der Waals surface area contributed by atoms with E-state index in [0.29, 0.717) is 5.16 Å². The largest absolute Gasteiger partial charge is 0.325 e. The molecule has 0 radical (unpaired) electrons. The van der Waals surface area contributed by atoms with Crippen LogP contribution in [0, 0.1) is 19.7 Å². The number of para-hydroxylation sites is 1.